The summed E-state index contributed by atoms with van der Waals surface area (Å²) in [6.45, 7) is 4.28. The highest BCUT2D eigenvalue weighted by molar-refractivity contribution is 4.56. The molecular weight excluding hydrogens is 206 g/mol. The molecule has 2 fully saturated rings. The second-order valence-corrected chi connectivity index (χ2v) is 4.49. The first-order chi connectivity index (χ1) is 7.95. The minimum atomic E-state index is 0.0127. The monoisotopic (exact) mass is 229 g/mol. The fourth-order valence-electron chi connectivity index (χ4n) is 2.18. The minimum Gasteiger partial charge on any atom is -0.353 e. The second kappa shape index (κ2) is 7.22. The van der Waals surface area contributed by atoms with Gasteiger partial charge < -0.3 is 9.47 Å². The van der Waals surface area contributed by atoms with Crippen LogP contribution in [0.2, 0.25) is 0 Å². The number of ether oxygens (including phenoxy) is 2. The van der Waals surface area contributed by atoms with Crippen molar-refractivity contribution in [2.24, 2.45) is 0 Å². The van der Waals surface area contributed by atoms with Gasteiger partial charge in [0.1, 0.15) is 0 Å². The summed E-state index contributed by atoms with van der Waals surface area (Å²) >= 11 is 0. The van der Waals surface area contributed by atoms with Crippen molar-refractivity contribution in [1.82, 2.24) is 5.06 Å². The Balaban J connectivity index is 1.47. The van der Waals surface area contributed by atoms with Crippen LogP contribution in [0, 0.1) is 0 Å². The lowest BCUT2D eigenvalue weighted by molar-refractivity contribution is -0.209. The van der Waals surface area contributed by atoms with E-state index in [9.17, 15) is 0 Å². The smallest absolute Gasteiger partial charge is 0.157 e. The van der Waals surface area contributed by atoms with Crippen LogP contribution in [0.15, 0.2) is 0 Å². The third-order valence-corrected chi connectivity index (χ3v) is 3.11. The van der Waals surface area contributed by atoms with Gasteiger partial charge in [-0.2, -0.15) is 5.06 Å². The van der Waals surface area contributed by atoms with Crippen molar-refractivity contribution in [3.05, 3.63) is 0 Å². The molecule has 0 aliphatic carbocycles. The molecule has 0 radical (unpaired) electrons. The maximum absolute atomic E-state index is 5.63. The highest BCUT2D eigenvalue weighted by atomic mass is 16.7. The van der Waals surface area contributed by atoms with Crippen molar-refractivity contribution < 1.29 is 14.3 Å². The zero-order valence-corrected chi connectivity index (χ0v) is 10.0. The third kappa shape index (κ3) is 4.37. The van der Waals surface area contributed by atoms with E-state index in [-0.39, 0.29) is 6.29 Å². The fourth-order valence-corrected chi connectivity index (χ4v) is 2.18. The summed E-state index contributed by atoms with van der Waals surface area (Å²) in [5, 5.41) is 2.06. The van der Waals surface area contributed by atoms with E-state index in [1.165, 1.54) is 32.1 Å². The molecule has 2 aliphatic heterocycles. The highest BCUT2D eigenvalue weighted by Crippen LogP contribution is 2.13. The van der Waals surface area contributed by atoms with Gasteiger partial charge in [0.05, 0.1) is 13.2 Å². The van der Waals surface area contributed by atoms with E-state index in [1.54, 1.807) is 0 Å². The number of hydrogen-bond donors (Lipinski definition) is 0. The van der Waals surface area contributed by atoms with Gasteiger partial charge in [0.2, 0.25) is 0 Å². The van der Waals surface area contributed by atoms with Crippen LogP contribution >= 0.6 is 0 Å². The van der Waals surface area contributed by atoms with Crippen molar-refractivity contribution >= 4 is 0 Å². The minimum absolute atomic E-state index is 0.0127. The van der Waals surface area contributed by atoms with Crippen molar-refractivity contribution in [3.8, 4) is 0 Å². The lowest BCUT2D eigenvalue weighted by Gasteiger charge is -2.26. The second-order valence-electron chi connectivity index (χ2n) is 4.49. The normalized spacial score (nSPS) is 28.1. The Labute approximate surface area is 97.8 Å². The number of rotatable bonds is 5. The highest BCUT2D eigenvalue weighted by Gasteiger charge is 2.14. The molecule has 1 unspecified atom stereocenters. The maximum atomic E-state index is 5.63. The van der Waals surface area contributed by atoms with Gasteiger partial charge in [0, 0.05) is 19.7 Å². The summed E-state index contributed by atoms with van der Waals surface area (Å²) in [7, 11) is 0. The lowest BCUT2D eigenvalue weighted by atomic mass is 10.2. The van der Waals surface area contributed by atoms with Crippen LogP contribution in [0.5, 0.6) is 0 Å². The zero-order valence-electron chi connectivity index (χ0n) is 10.0. The van der Waals surface area contributed by atoms with Crippen LogP contribution in [-0.2, 0) is 14.3 Å². The van der Waals surface area contributed by atoms with Gasteiger partial charge in [-0.3, -0.25) is 4.84 Å². The molecule has 0 saturated carbocycles. The van der Waals surface area contributed by atoms with E-state index in [0.717, 1.165) is 26.1 Å². The summed E-state index contributed by atoms with van der Waals surface area (Å²) in [6.07, 6.45) is 7.29. The third-order valence-electron chi connectivity index (χ3n) is 3.11. The quantitative estimate of drug-likeness (QED) is 0.674. The topological polar surface area (TPSA) is 30.9 Å². The predicted molar refractivity (Wildman–Crippen MR) is 60.9 cm³/mol. The summed E-state index contributed by atoms with van der Waals surface area (Å²) in [4.78, 5) is 5.63. The first kappa shape index (κ1) is 12.3. The Morgan fingerprint density at radius 2 is 1.88 bits per heavy atom. The molecule has 2 saturated heterocycles. The van der Waals surface area contributed by atoms with E-state index in [0.29, 0.717) is 13.2 Å². The number of hydroxylamine groups is 2. The zero-order chi connectivity index (χ0) is 11.1. The molecule has 94 valence electrons. The van der Waals surface area contributed by atoms with E-state index in [2.05, 4.69) is 5.06 Å². The number of hydrogen-bond acceptors (Lipinski definition) is 4. The average Bonchev–Trinajstić information content (AvgIpc) is 2.37. The van der Waals surface area contributed by atoms with Gasteiger partial charge >= 0.3 is 0 Å². The Hall–Kier alpha value is -0.160. The van der Waals surface area contributed by atoms with E-state index < -0.39 is 0 Å². The van der Waals surface area contributed by atoms with Gasteiger partial charge in [-0.15, -0.1) is 0 Å². The summed E-state index contributed by atoms with van der Waals surface area (Å²) in [5.41, 5.74) is 0. The molecule has 4 nitrogen and oxygen atoms in total. The van der Waals surface area contributed by atoms with Gasteiger partial charge in [-0.25, -0.2) is 0 Å². The summed E-state index contributed by atoms with van der Waals surface area (Å²) in [6, 6.07) is 0. The first-order valence-electron chi connectivity index (χ1n) is 6.56. The molecule has 2 heterocycles. The van der Waals surface area contributed by atoms with E-state index in [4.69, 9.17) is 14.3 Å². The molecule has 4 heteroatoms. The van der Waals surface area contributed by atoms with Crippen molar-refractivity contribution in [2.75, 3.05) is 32.9 Å². The van der Waals surface area contributed by atoms with Crippen LogP contribution in [0.1, 0.15) is 38.5 Å². The fraction of sp³-hybridized carbons (Fsp3) is 1.00. The molecule has 16 heavy (non-hydrogen) atoms. The molecule has 0 bridgehead atoms. The molecule has 0 amide bonds. The molecule has 0 aromatic carbocycles. The van der Waals surface area contributed by atoms with Gasteiger partial charge in [0.15, 0.2) is 6.29 Å². The maximum Gasteiger partial charge on any atom is 0.157 e. The van der Waals surface area contributed by atoms with Crippen LogP contribution in [0.4, 0.5) is 0 Å². The van der Waals surface area contributed by atoms with Crippen LogP contribution in [0.25, 0.3) is 0 Å². The number of piperidine rings is 1. The molecule has 0 aromatic rings. The average molecular weight is 229 g/mol. The Bertz CT molecular complexity index is 157. The largest absolute Gasteiger partial charge is 0.353 e. The molecule has 0 spiro atoms. The predicted octanol–water partition coefficient (Wildman–Crippen LogP) is 1.95. The standard InChI is InChI=1S/C12H23NO3/c1-3-7-13(8-4-1)16-11-10-15-12-6-2-5-9-14-12/h12H,1-11H2. The van der Waals surface area contributed by atoms with Crippen molar-refractivity contribution in [2.45, 2.75) is 44.8 Å². The molecule has 0 aromatic heterocycles. The Morgan fingerprint density at radius 1 is 1.00 bits per heavy atom. The van der Waals surface area contributed by atoms with Gasteiger partial charge in [-0.05, 0) is 32.1 Å². The van der Waals surface area contributed by atoms with Gasteiger partial charge in [0.25, 0.3) is 0 Å². The van der Waals surface area contributed by atoms with Gasteiger partial charge in [-0.1, -0.05) is 6.42 Å². The van der Waals surface area contributed by atoms with Crippen LogP contribution in [0.3, 0.4) is 0 Å². The lowest BCUT2D eigenvalue weighted by Crippen LogP contribution is -2.32. The van der Waals surface area contributed by atoms with Crippen molar-refractivity contribution in [1.29, 1.82) is 0 Å². The summed E-state index contributed by atoms with van der Waals surface area (Å²) < 4.78 is 11.1. The molecule has 2 aliphatic rings. The summed E-state index contributed by atoms with van der Waals surface area (Å²) in [5.74, 6) is 0. The molecule has 1 atom stereocenters. The van der Waals surface area contributed by atoms with Crippen molar-refractivity contribution in [3.63, 3.8) is 0 Å². The van der Waals surface area contributed by atoms with E-state index >= 15 is 0 Å². The number of nitrogens with zero attached hydrogens (tertiary/aromatic N) is 1. The Kier molecular flexibility index (Phi) is 5.55. The van der Waals surface area contributed by atoms with Crippen LogP contribution < -0.4 is 0 Å². The first-order valence-corrected chi connectivity index (χ1v) is 6.56. The molecule has 2 rings (SSSR count). The molecule has 0 N–H and O–H groups in total. The SMILES string of the molecule is C1CCN(OCCOC2CCCCO2)CC1. The Morgan fingerprint density at radius 3 is 2.62 bits per heavy atom. The van der Waals surface area contributed by atoms with E-state index in [1.807, 2.05) is 0 Å². The molecular formula is C12H23NO3. The van der Waals surface area contributed by atoms with Crippen LogP contribution in [-0.4, -0.2) is 44.3 Å².